The van der Waals surface area contributed by atoms with Crippen LogP contribution in [0.5, 0.6) is 0 Å². The third-order valence-electron chi connectivity index (χ3n) is 2.22. The summed E-state index contributed by atoms with van der Waals surface area (Å²) in [6.45, 7) is 1.63. The van der Waals surface area contributed by atoms with Crippen LogP contribution in [0.25, 0.3) is 0 Å². The van der Waals surface area contributed by atoms with Crippen molar-refractivity contribution in [1.82, 2.24) is 0 Å². The lowest BCUT2D eigenvalue weighted by Gasteiger charge is -2.21. The van der Waals surface area contributed by atoms with Gasteiger partial charge in [0.2, 0.25) is 0 Å². The molecule has 17 heavy (non-hydrogen) atoms. The Hall–Kier alpha value is -1.99. The van der Waals surface area contributed by atoms with Crippen LogP contribution in [0.3, 0.4) is 0 Å². The Bertz CT molecular complexity index is 456. The number of aryl methyl sites for hydroxylation is 1. The molecule has 0 fully saturated rings. The lowest BCUT2D eigenvalue weighted by atomic mass is 10.3. The van der Waals surface area contributed by atoms with E-state index in [1.807, 2.05) is 0 Å². The van der Waals surface area contributed by atoms with Crippen LogP contribution in [0.4, 0.5) is 14.5 Å². The molecule has 0 aliphatic heterocycles. The standard InChI is InChI=1S/C9H11F2N3O3/c1-6-4-17-5-7(6)13(3)8(12-2)9(10,11)14(15)16/h4-5H,1-3H3. The average Bonchev–Trinajstić information content (AvgIpc) is 2.64. The normalized spacial score (nSPS) is 12.6. The second kappa shape index (κ2) is 4.48. The van der Waals surface area contributed by atoms with Crippen LogP contribution in [0.1, 0.15) is 5.56 Å². The first-order valence-corrected chi connectivity index (χ1v) is 4.58. The molecule has 0 saturated heterocycles. The molecule has 0 atom stereocenters. The van der Waals surface area contributed by atoms with Crippen LogP contribution < -0.4 is 4.90 Å². The van der Waals surface area contributed by atoms with Gasteiger partial charge < -0.3 is 9.32 Å². The van der Waals surface area contributed by atoms with Crippen LogP contribution in [0, 0.1) is 17.0 Å². The van der Waals surface area contributed by atoms with Crippen molar-refractivity contribution in [3.8, 4) is 0 Å². The summed E-state index contributed by atoms with van der Waals surface area (Å²) in [5, 5.41) is 10.3. The molecule has 1 rings (SSSR count). The number of aliphatic imine (C=N–C) groups is 1. The van der Waals surface area contributed by atoms with Crippen molar-refractivity contribution in [2.24, 2.45) is 4.99 Å². The van der Waals surface area contributed by atoms with E-state index in [1.54, 1.807) is 6.92 Å². The lowest BCUT2D eigenvalue weighted by Crippen LogP contribution is -2.47. The van der Waals surface area contributed by atoms with Gasteiger partial charge in [0.25, 0.3) is 5.84 Å². The van der Waals surface area contributed by atoms with Gasteiger partial charge in [0.1, 0.15) is 11.2 Å². The Morgan fingerprint density at radius 3 is 2.53 bits per heavy atom. The van der Waals surface area contributed by atoms with E-state index in [-0.39, 0.29) is 0 Å². The number of likely N-dealkylation sites (N-methyl/N-ethyl adjacent to an activating group) is 1. The molecule has 1 heterocycles. The Balaban J connectivity index is 3.14. The third kappa shape index (κ3) is 2.24. The van der Waals surface area contributed by atoms with Crippen LogP contribution in [-0.4, -0.2) is 30.9 Å². The summed E-state index contributed by atoms with van der Waals surface area (Å²) in [6, 6.07) is -4.24. The monoisotopic (exact) mass is 247 g/mol. The number of hydrogen-bond donors (Lipinski definition) is 0. The summed E-state index contributed by atoms with van der Waals surface area (Å²) in [7, 11) is 2.33. The summed E-state index contributed by atoms with van der Waals surface area (Å²) in [6.07, 6.45) is 2.57. The zero-order valence-corrected chi connectivity index (χ0v) is 9.48. The number of anilines is 1. The molecule has 0 N–H and O–H groups in total. The molecule has 0 amide bonds. The van der Waals surface area contributed by atoms with Gasteiger partial charge in [-0.05, 0) is 6.92 Å². The summed E-state index contributed by atoms with van der Waals surface area (Å²) < 4.78 is 31.4. The molecule has 0 unspecified atom stereocenters. The highest BCUT2D eigenvalue weighted by molar-refractivity contribution is 6.01. The second-order valence-corrected chi connectivity index (χ2v) is 3.34. The molecule has 0 aromatic carbocycles. The summed E-state index contributed by atoms with van der Waals surface area (Å²) in [4.78, 5) is 12.8. The molecule has 0 aliphatic rings. The van der Waals surface area contributed by atoms with Crippen LogP contribution in [-0.2, 0) is 0 Å². The highest BCUT2D eigenvalue weighted by atomic mass is 19.3. The van der Waals surface area contributed by atoms with Gasteiger partial charge >= 0.3 is 6.05 Å². The highest BCUT2D eigenvalue weighted by Gasteiger charge is 2.53. The van der Waals surface area contributed by atoms with Gasteiger partial charge in [0.05, 0.1) is 12.0 Å². The number of furan rings is 1. The number of halogens is 2. The fraction of sp³-hybridized carbons (Fsp3) is 0.444. The molecular formula is C9H11F2N3O3. The van der Waals surface area contributed by atoms with Crippen LogP contribution in [0.2, 0.25) is 0 Å². The minimum Gasteiger partial charge on any atom is -0.470 e. The maximum absolute atomic E-state index is 13.3. The molecule has 94 valence electrons. The van der Waals surface area contributed by atoms with E-state index in [9.17, 15) is 18.9 Å². The van der Waals surface area contributed by atoms with Gasteiger partial charge in [0, 0.05) is 19.7 Å². The van der Waals surface area contributed by atoms with Crippen molar-refractivity contribution in [2.75, 3.05) is 19.0 Å². The Labute approximate surface area is 95.7 Å². The number of nitrogens with zero attached hydrogens (tertiary/aromatic N) is 3. The zero-order chi connectivity index (χ0) is 13.2. The predicted molar refractivity (Wildman–Crippen MR) is 57.1 cm³/mol. The maximum Gasteiger partial charge on any atom is 0.572 e. The molecule has 6 nitrogen and oxygen atoms in total. The minimum absolute atomic E-state index is 0.298. The molecular weight excluding hydrogens is 236 g/mol. The Morgan fingerprint density at radius 1 is 1.59 bits per heavy atom. The topological polar surface area (TPSA) is 71.9 Å². The van der Waals surface area contributed by atoms with Crippen LogP contribution in [0.15, 0.2) is 21.9 Å². The first kappa shape index (κ1) is 13.1. The largest absolute Gasteiger partial charge is 0.572 e. The molecule has 0 bridgehead atoms. The number of nitro groups is 1. The Kier molecular flexibility index (Phi) is 3.45. The molecule has 0 aliphatic carbocycles. The zero-order valence-electron chi connectivity index (χ0n) is 9.48. The Morgan fingerprint density at radius 2 is 2.18 bits per heavy atom. The van der Waals surface area contributed by atoms with Gasteiger partial charge in [-0.1, -0.05) is 0 Å². The van der Waals surface area contributed by atoms with Crippen molar-refractivity contribution in [1.29, 1.82) is 0 Å². The minimum atomic E-state index is -4.24. The SMILES string of the molecule is CN=C(N(C)c1cocc1C)C(F)(F)[N+](=O)[O-]. The van der Waals surface area contributed by atoms with Crippen molar-refractivity contribution >= 4 is 11.5 Å². The number of alkyl halides is 2. The van der Waals surface area contributed by atoms with E-state index >= 15 is 0 Å². The van der Waals surface area contributed by atoms with Crippen molar-refractivity contribution in [2.45, 2.75) is 13.0 Å². The molecule has 1 aromatic rings. The first-order chi connectivity index (χ1) is 7.82. The smallest absolute Gasteiger partial charge is 0.470 e. The number of hydrogen-bond acceptors (Lipinski definition) is 4. The van der Waals surface area contributed by atoms with Crippen molar-refractivity contribution < 1.29 is 18.1 Å². The number of amidine groups is 1. The summed E-state index contributed by atoms with van der Waals surface area (Å²) >= 11 is 0. The van der Waals surface area contributed by atoms with Crippen molar-refractivity contribution in [3.63, 3.8) is 0 Å². The fourth-order valence-electron chi connectivity index (χ4n) is 1.38. The highest BCUT2D eigenvalue weighted by Crippen LogP contribution is 2.26. The van der Waals surface area contributed by atoms with Gasteiger partial charge in [-0.25, -0.2) is 0 Å². The van der Waals surface area contributed by atoms with Gasteiger partial charge in [-0.2, -0.15) is 0 Å². The van der Waals surface area contributed by atoms with Crippen LogP contribution >= 0.6 is 0 Å². The molecule has 0 saturated carbocycles. The molecule has 0 spiro atoms. The molecule has 1 aromatic heterocycles. The van der Waals surface area contributed by atoms with Gasteiger partial charge in [0.15, 0.2) is 0 Å². The second-order valence-electron chi connectivity index (χ2n) is 3.34. The van der Waals surface area contributed by atoms with E-state index in [0.717, 1.165) is 11.9 Å². The number of rotatable bonds is 3. The molecule has 8 heteroatoms. The fourth-order valence-corrected chi connectivity index (χ4v) is 1.38. The van der Waals surface area contributed by atoms with Crippen molar-refractivity contribution in [3.05, 3.63) is 28.2 Å². The van der Waals surface area contributed by atoms with E-state index in [2.05, 4.69) is 4.99 Å². The average molecular weight is 247 g/mol. The van der Waals surface area contributed by atoms with E-state index in [1.165, 1.54) is 19.6 Å². The molecule has 0 radical (unpaired) electrons. The first-order valence-electron chi connectivity index (χ1n) is 4.58. The van der Waals surface area contributed by atoms with Gasteiger partial charge in [-0.15, -0.1) is 8.78 Å². The summed E-state index contributed by atoms with van der Waals surface area (Å²) in [5.41, 5.74) is 0.875. The van der Waals surface area contributed by atoms with Gasteiger partial charge in [-0.3, -0.25) is 15.1 Å². The lowest BCUT2D eigenvalue weighted by molar-refractivity contribution is -0.617. The maximum atomic E-state index is 13.3. The van der Waals surface area contributed by atoms with E-state index < -0.39 is 16.8 Å². The summed E-state index contributed by atoms with van der Waals surface area (Å²) in [5.74, 6) is -0.952. The quantitative estimate of drug-likeness (QED) is 0.269. The third-order valence-corrected chi connectivity index (χ3v) is 2.22. The van der Waals surface area contributed by atoms with E-state index in [0.29, 0.717) is 11.3 Å². The predicted octanol–water partition coefficient (Wildman–Crippen LogP) is 1.92. The van der Waals surface area contributed by atoms with E-state index in [4.69, 9.17) is 4.42 Å².